The molecule has 0 bridgehead atoms. The first-order chi connectivity index (χ1) is 15.7. The fraction of sp³-hybridized carbons (Fsp3) is 0.500. The van der Waals surface area contributed by atoms with Gasteiger partial charge < -0.3 is 14.4 Å². The van der Waals surface area contributed by atoms with Crippen molar-refractivity contribution in [3.05, 3.63) is 71.3 Å². The summed E-state index contributed by atoms with van der Waals surface area (Å²) in [5.41, 5.74) is 2.85. The Kier molecular flexibility index (Phi) is 6.81. The van der Waals surface area contributed by atoms with Gasteiger partial charge in [-0.15, -0.1) is 0 Å². The summed E-state index contributed by atoms with van der Waals surface area (Å²) in [4.78, 5) is 2.21. The van der Waals surface area contributed by atoms with Crippen molar-refractivity contribution >= 4 is 5.70 Å². The lowest BCUT2D eigenvalue weighted by Crippen LogP contribution is -2.50. The quantitative estimate of drug-likeness (QED) is 0.472. The molecule has 2 aromatic carbocycles. The van der Waals surface area contributed by atoms with Crippen molar-refractivity contribution in [2.24, 2.45) is 5.92 Å². The number of ether oxygens (including phenoxy) is 2. The highest BCUT2D eigenvalue weighted by Crippen LogP contribution is 2.47. The van der Waals surface area contributed by atoms with Gasteiger partial charge in [-0.2, -0.15) is 0 Å². The molecule has 3 nitrogen and oxygen atoms in total. The van der Waals surface area contributed by atoms with Gasteiger partial charge in [-0.25, -0.2) is 8.78 Å². The number of likely N-dealkylation sites (tertiary alicyclic amines) is 1. The van der Waals surface area contributed by atoms with Gasteiger partial charge in [0.1, 0.15) is 23.0 Å². The van der Waals surface area contributed by atoms with Crippen molar-refractivity contribution in [1.82, 2.24) is 4.90 Å². The van der Waals surface area contributed by atoms with Gasteiger partial charge in [0.2, 0.25) is 0 Å². The van der Waals surface area contributed by atoms with Crippen LogP contribution in [0.1, 0.15) is 69.8 Å². The Hall–Kier alpha value is -2.40. The molecule has 1 fully saturated rings. The molecule has 33 heavy (non-hydrogen) atoms. The third kappa shape index (κ3) is 5.24. The molecule has 2 aliphatic heterocycles. The van der Waals surface area contributed by atoms with E-state index in [0.29, 0.717) is 18.1 Å². The van der Waals surface area contributed by atoms with Gasteiger partial charge in [0.25, 0.3) is 0 Å². The average molecular weight is 456 g/mol. The van der Waals surface area contributed by atoms with E-state index in [-0.39, 0.29) is 29.4 Å². The summed E-state index contributed by atoms with van der Waals surface area (Å²) in [5, 5.41) is 0. The summed E-state index contributed by atoms with van der Waals surface area (Å²) in [6.07, 6.45) is 2.87. The van der Waals surface area contributed by atoms with Crippen LogP contribution in [0.25, 0.3) is 5.70 Å². The van der Waals surface area contributed by atoms with Crippen LogP contribution in [0, 0.1) is 17.6 Å². The number of fused-ring (bicyclic) bond motifs is 1. The molecule has 1 spiro atoms. The van der Waals surface area contributed by atoms with E-state index >= 15 is 0 Å². The molecule has 0 amide bonds. The molecule has 1 atom stereocenters. The predicted octanol–water partition coefficient (Wildman–Crippen LogP) is 6.92. The van der Waals surface area contributed by atoms with Gasteiger partial charge in [-0.1, -0.05) is 32.6 Å². The number of halogens is 2. The van der Waals surface area contributed by atoms with Crippen molar-refractivity contribution in [3.63, 3.8) is 0 Å². The standard InChI is InChI=1S/C28H35F2NO2/c1-18(2)14-22-7-6-21(15-25(22)30)20(5)31-12-10-28(11-13-31)17-27(32-19(3)4)24-16-23(29)8-9-26(24)33-28/h6-9,15-16,18-19,27H,5,10-14,17H2,1-4H3. The van der Waals surface area contributed by atoms with E-state index in [1.54, 1.807) is 12.1 Å². The summed E-state index contributed by atoms with van der Waals surface area (Å²) >= 11 is 0. The Morgan fingerprint density at radius 1 is 1.12 bits per heavy atom. The number of benzene rings is 2. The van der Waals surface area contributed by atoms with Crippen LogP contribution in [0.2, 0.25) is 0 Å². The van der Waals surface area contributed by atoms with Crippen LogP contribution in [-0.2, 0) is 11.2 Å². The molecule has 1 saturated heterocycles. The zero-order chi connectivity index (χ0) is 23.8. The van der Waals surface area contributed by atoms with Crippen molar-refractivity contribution in [1.29, 1.82) is 0 Å². The maximum atomic E-state index is 14.6. The molecule has 2 heterocycles. The largest absolute Gasteiger partial charge is 0.487 e. The molecule has 178 valence electrons. The highest BCUT2D eigenvalue weighted by molar-refractivity contribution is 5.62. The lowest BCUT2D eigenvalue weighted by Gasteiger charge is -2.47. The number of rotatable bonds is 6. The van der Waals surface area contributed by atoms with Crippen LogP contribution in [0.5, 0.6) is 5.75 Å². The van der Waals surface area contributed by atoms with Crippen LogP contribution < -0.4 is 4.74 Å². The average Bonchev–Trinajstić information content (AvgIpc) is 2.75. The van der Waals surface area contributed by atoms with Crippen LogP contribution >= 0.6 is 0 Å². The van der Waals surface area contributed by atoms with Gasteiger partial charge in [-0.05, 0) is 56.0 Å². The minimum absolute atomic E-state index is 0.0368. The lowest BCUT2D eigenvalue weighted by atomic mass is 9.81. The second-order valence-electron chi connectivity index (χ2n) is 10.2. The maximum absolute atomic E-state index is 14.6. The smallest absolute Gasteiger partial charge is 0.127 e. The second kappa shape index (κ2) is 9.46. The number of nitrogens with zero attached hydrogens (tertiary/aromatic N) is 1. The molecule has 0 aromatic heterocycles. The Morgan fingerprint density at radius 2 is 1.85 bits per heavy atom. The van der Waals surface area contributed by atoms with E-state index in [0.717, 1.165) is 54.7 Å². The normalized spacial score (nSPS) is 19.6. The molecule has 2 aromatic rings. The fourth-order valence-corrected chi connectivity index (χ4v) is 5.04. The molecule has 2 aliphatic rings. The molecule has 0 aliphatic carbocycles. The lowest BCUT2D eigenvalue weighted by molar-refractivity contribution is -0.0862. The van der Waals surface area contributed by atoms with Gasteiger partial charge in [-0.3, -0.25) is 0 Å². The summed E-state index contributed by atoms with van der Waals surface area (Å²) in [6.45, 7) is 14.0. The monoisotopic (exact) mass is 455 g/mol. The van der Waals surface area contributed by atoms with Crippen molar-refractivity contribution in [3.8, 4) is 5.75 Å². The maximum Gasteiger partial charge on any atom is 0.127 e. The predicted molar refractivity (Wildman–Crippen MR) is 128 cm³/mol. The van der Waals surface area contributed by atoms with E-state index in [9.17, 15) is 8.78 Å². The molecular weight excluding hydrogens is 420 g/mol. The summed E-state index contributed by atoms with van der Waals surface area (Å²) in [6, 6.07) is 10.2. The molecule has 0 N–H and O–H groups in total. The van der Waals surface area contributed by atoms with E-state index in [1.165, 1.54) is 12.1 Å². The van der Waals surface area contributed by atoms with Crippen molar-refractivity contribution in [2.45, 2.75) is 71.2 Å². The summed E-state index contributed by atoms with van der Waals surface area (Å²) < 4.78 is 41.2. The minimum atomic E-state index is -0.354. The third-order valence-corrected chi connectivity index (χ3v) is 6.71. The summed E-state index contributed by atoms with van der Waals surface area (Å²) in [5.74, 6) is 0.684. The van der Waals surface area contributed by atoms with Gasteiger partial charge in [0.05, 0.1) is 12.2 Å². The SMILES string of the molecule is C=C(c1ccc(CC(C)C)c(F)c1)N1CCC2(CC1)CC(OC(C)C)c1cc(F)ccc1O2. The van der Waals surface area contributed by atoms with Crippen LogP contribution in [0.3, 0.4) is 0 Å². The van der Waals surface area contributed by atoms with Crippen LogP contribution in [-0.4, -0.2) is 29.7 Å². The minimum Gasteiger partial charge on any atom is -0.487 e. The van der Waals surface area contributed by atoms with Crippen molar-refractivity contribution < 1.29 is 18.3 Å². The van der Waals surface area contributed by atoms with Gasteiger partial charge in [0.15, 0.2) is 0 Å². The van der Waals surface area contributed by atoms with Crippen molar-refractivity contribution in [2.75, 3.05) is 13.1 Å². The van der Waals surface area contributed by atoms with Crippen LogP contribution in [0.4, 0.5) is 8.78 Å². The molecule has 0 radical (unpaired) electrons. The Morgan fingerprint density at radius 3 is 2.48 bits per heavy atom. The van der Waals surface area contributed by atoms with Gasteiger partial charge in [0, 0.05) is 49.2 Å². The zero-order valence-corrected chi connectivity index (χ0v) is 20.2. The number of piperidine rings is 1. The highest BCUT2D eigenvalue weighted by Gasteiger charge is 2.44. The Labute approximate surface area is 196 Å². The first kappa shape index (κ1) is 23.7. The zero-order valence-electron chi connectivity index (χ0n) is 20.2. The third-order valence-electron chi connectivity index (χ3n) is 6.71. The molecular formula is C28H35F2NO2. The van der Waals surface area contributed by atoms with E-state index in [1.807, 2.05) is 26.0 Å². The molecule has 1 unspecified atom stereocenters. The molecule has 5 heteroatoms. The number of hydrogen-bond donors (Lipinski definition) is 0. The molecule has 0 saturated carbocycles. The highest BCUT2D eigenvalue weighted by atomic mass is 19.1. The van der Waals surface area contributed by atoms with E-state index < -0.39 is 0 Å². The Bertz CT molecular complexity index is 1010. The second-order valence-corrected chi connectivity index (χ2v) is 10.2. The topological polar surface area (TPSA) is 21.7 Å². The first-order valence-corrected chi connectivity index (χ1v) is 12.0. The summed E-state index contributed by atoms with van der Waals surface area (Å²) in [7, 11) is 0. The van der Waals surface area contributed by atoms with E-state index in [2.05, 4.69) is 25.3 Å². The fourth-order valence-electron chi connectivity index (χ4n) is 5.04. The number of hydrogen-bond acceptors (Lipinski definition) is 3. The Balaban J connectivity index is 1.47. The molecule has 4 rings (SSSR count). The van der Waals surface area contributed by atoms with Gasteiger partial charge >= 0.3 is 0 Å². The first-order valence-electron chi connectivity index (χ1n) is 12.0. The van der Waals surface area contributed by atoms with E-state index in [4.69, 9.17) is 9.47 Å². The van der Waals surface area contributed by atoms with Crippen LogP contribution in [0.15, 0.2) is 43.0 Å².